The second kappa shape index (κ2) is 15.0. The Bertz CT molecular complexity index is 1900. The molecule has 6 rings (SSSR count). The average Bonchev–Trinajstić information content (AvgIpc) is 3.07. The Morgan fingerprint density at radius 3 is 2.28 bits per heavy atom. The molecule has 0 atom stereocenters. The fourth-order valence-electron chi connectivity index (χ4n) is 4.97. The van der Waals surface area contributed by atoms with Crippen molar-refractivity contribution in [3.8, 4) is 22.5 Å². The molecule has 2 aromatic heterocycles. The van der Waals surface area contributed by atoms with Gasteiger partial charge < -0.3 is 31.6 Å². The van der Waals surface area contributed by atoms with Crippen molar-refractivity contribution < 1.29 is 26.7 Å². The van der Waals surface area contributed by atoms with Crippen LogP contribution < -0.4 is 16.4 Å². The van der Waals surface area contributed by atoms with Crippen LogP contribution in [0.25, 0.3) is 33.4 Å². The predicted octanol–water partition coefficient (Wildman–Crippen LogP) is 5.72. The third kappa shape index (κ3) is 7.72. The number of hydrogen-bond donors (Lipinski definition) is 3. The molecule has 0 radical (unpaired) electrons. The summed E-state index contributed by atoms with van der Waals surface area (Å²) < 4.78 is 29.9. The predicted molar refractivity (Wildman–Crippen MR) is 184 cm³/mol. The molecule has 0 unspecified atom stereocenters. The zero-order valence-corrected chi connectivity index (χ0v) is 25.6. The van der Waals surface area contributed by atoms with Crippen molar-refractivity contribution in [2.75, 3.05) is 49.6 Å². The highest BCUT2D eigenvalue weighted by atomic mass is 19.1. The maximum atomic E-state index is 15.1. The number of piperazine rings is 1. The lowest BCUT2D eigenvalue weighted by atomic mass is 10.0. The molecule has 1 saturated heterocycles. The number of pyridine rings is 1. The molecule has 11 nitrogen and oxygen atoms in total. The fourth-order valence-corrected chi connectivity index (χ4v) is 4.97. The van der Waals surface area contributed by atoms with Gasteiger partial charge in [0, 0.05) is 74.8 Å². The Labute approximate surface area is 273 Å². The van der Waals surface area contributed by atoms with Gasteiger partial charge in [0.25, 0.3) is 5.91 Å². The summed E-state index contributed by atoms with van der Waals surface area (Å²) >= 11 is 0. The molecular weight excluding hydrogens is 606 g/mol. The van der Waals surface area contributed by atoms with Crippen LogP contribution in [0.3, 0.4) is 0 Å². The van der Waals surface area contributed by atoms with E-state index in [4.69, 9.17) is 5.73 Å². The Hall–Kier alpha value is -5.79. The SMILES string of the molecule is C=C.CN1CCN(C(=O)c2ccc(NC(=O)Nc3ccc(-c4nc(N)c5cc(F)c(-c6cccnc6)cc5n4)cc3F)cc2)CC1.O.[HH].[HH]. The number of nitrogen functional groups attached to an aromatic ring is 1. The lowest BCUT2D eigenvalue weighted by molar-refractivity contribution is 0.0664. The zero-order chi connectivity index (χ0) is 32.8. The number of rotatable bonds is 5. The van der Waals surface area contributed by atoms with E-state index in [9.17, 15) is 14.0 Å². The number of nitrogens with one attached hydrogen (secondary N) is 2. The lowest BCUT2D eigenvalue weighted by Gasteiger charge is -2.32. The number of fused-ring (bicyclic) bond motifs is 1. The lowest BCUT2D eigenvalue weighted by Crippen LogP contribution is -2.47. The number of amides is 3. The number of nitrogens with two attached hydrogens (primary N) is 1. The van der Waals surface area contributed by atoms with Gasteiger partial charge in [-0.1, -0.05) is 6.07 Å². The summed E-state index contributed by atoms with van der Waals surface area (Å²) in [7, 11) is 2.02. The van der Waals surface area contributed by atoms with Crippen molar-refractivity contribution in [2.24, 2.45) is 0 Å². The maximum absolute atomic E-state index is 15.1. The van der Waals surface area contributed by atoms with Gasteiger partial charge in [-0.15, -0.1) is 13.2 Å². The summed E-state index contributed by atoms with van der Waals surface area (Å²) in [6.45, 7) is 8.97. The molecule has 1 fully saturated rings. The number of carbonyl (C=O) groups excluding carboxylic acids is 2. The van der Waals surface area contributed by atoms with Gasteiger partial charge in [0.1, 0.15) is 17.5 Å². The van der Waals surface area contributed by atoms with Crippen molar-refractivity contribution in [3.05, 3.63) is 109 Å². The summed E-state index contributed by atoms with van der Waals surface area (Å²) in [5.41, 5.74) is 8.57. The van der Waals surface area contributed by atoms with Crippen molar-refractivity contribution in [3.63, 3.8) is 0 Å². The van der Waals surface area contributed by atoms with E-state index in [0.29, 0.717) is 51.9 Å². The van der Waals surface area contributed by atoms with E-state index in [1.165, 1.54) is 18.2 Å². The minimum atomic E-state index is -0.719. The molecule has 0 saturated carbocycles. The molecule has 3 heterocycles. The highest BCUT2D eigenvalue weighted by Gasteiger charge is 2.20. The van der Waals surface area contributed by atoms with Gasteiger partial charge in [-0.25, -0.2) is 23.5 Å². The molecule has 0 spiro atoms. The number of nitrogens with zero attached hydrogens (tertiary/aromatic N) is 5. The molecule has 3 amide bonds. The molecule has 6 N–H and O–H groups in total. The Morgan fingerprint density at radius 2 is 1.62 bits per heavy atom. The quantitative estimate of drug-likeness (QED) is 0.206. The van der Waals surface area contributed by atoms with Crippen molar-refractivity contribution in [1.82, 2.24) is 24.8 Å². The normalized spacial score (nSPS) is 12.8. The van der Waals surface area contributed by atoms with Crippen LogP contribution in [0.5, 0.6) is 0 Å². The molecule has 1 aliphatic heterocycles. The van der Waals surface area contributed by atoms with E-state index in [0.717, 1.165) is 13.1 Å². The highest BCUT2D eigenvalue weighted by molar-refractivity contribution is 6.01. The monoisotopic (exact) mass is 644 g/mol. The number of urea groups is 1. The Balaban J connectivity index is 0.00000164. The molecule has 246 valence electrons. The number of hydrogen-bond acceptors (Lipinski definition) is 7. The molecular formula is C34H38F2N8O3. The van der Waals surface area contributed by atoms with E-state index in [1.807, 2.05) is 7.05 Å². The van der Waals surface area contributed by atoms with Gasteiger partial charge >= 0.3 is 6.03 Å². The van der Waals surface area contributed by atoms with Gasteiger partial charge in [-0.2, -0.15) is 0 Å². The maximum Gasteiger partial charge on any atom is 0.323 e. The number of likely N-dealkylation sites (N-methyl/N-ethyl adjacent to an activating group) is 1. The van der Waals surface area contributed by atoms with Crippen LogP contribution in [0.2, 0.25) is 0 Å². The Morgan fingerprint density at radius 1 is 0.894 bits per heavy atom. The zero-order valence-electron chi connectivity index (χ0n) is 25.6. The highest BCUT2D eigenvalue weighted by Crippen LogP contribution is 2.31. The summed E-state index contributed by atoms with van der Waals surface area (Å²) in [6.07, 6.45) is 3.13. The van der Waals surface area contributed by atoms with E-state index in [-0.39, 0.29) is 31.6 Å². The molecule has 0 bridgehead atoms. The van der Waals surface area contributed by atoms with E-state index >= 15 is 4.39 Å². The number of aromatic nitrogens is 3. The summed E-state index contributed by atoms with van der Waals surface area (Å²) in [4.78, 5) is 42.1. The van der Waals surface area contributed by atoms with Gasteiger partial charge in [0.2, 0.25) is 0 Å². The van der Waals surface area contributed by atoms with Crippen molar-refractivity contribution in [2.45, 2.75) is 0 Å². The number of benzene rings is 3. The summed E-state index contributed by atoms with van der Waals surface area (Å²) in [5.74, 6) is -1.10. The van der Waals surface area contributed by atoms with E-state index in [2.05, 4.69) is 43.6 Å². The molecule has 13 heteroatoms. The van der Waals surface area contributed by atoms with Crippen LogP contribution in [0.1, 0.15) is 13.2 Å². The molecule has 3 aromatic carbocycles. The molecule has 1 aliphatic rings. The minimum absolute atomic E-state index is 0. The second-order valence-electron chi connectivity index (χ2n) is 10.5. The van der Waals surface area contributed by atoms with Crippen LogP contribution in [0.15, 0.2) is 92.3 Å². The smallest absolute Gasteiger partial charge is 0.323 e. The van der Waals surface area contributed by atoms with Gasteiger partial charge in [0.15, 0.2) is 5.82 Å². The number of halogens is 2. The van der Waals surface area contributed by atoms with Crippen molar-refractivity contribution >= 4 is 40.0 Å². The van der Waals surface area contributed by atoms with E-state index < -0.39 is 17.7 Å². The summed E-state index contributed by atoms with van der Waals surface area (Å²) in [6, 6.07) is 16.2. The number of anilines is 3. The van der Waals surface area contributed by atoms with Crippen LogP contribution in [-0.2, 0) is 0 Å². The molecule has 0 aliphatic carbocycles. The van der Waals surface area contributed by atoms with Crippen LogP contribution in [-0.4, -0.2) is 75.4 Å². The van der Waals surface area contributed by atoms with Crippen LogP contribution in [0, 0.1) is 11.6 Å². The molecule has 5 aromatic rings. The van der Waals surface area contributed by atoms with Gasteiger partial charge in [0.05, 0.1) is 11.2 Å². The third-order valence-electron chi connectivity index (χ3n) is 7.44. The van der Waals surface area contributed by atoms with Crippen molar-refractivity contribution in [1.29, 1.82) is 0 Å². The molecule has 47 heavy (non-hydrogen) atoms. The first-order valence-corrected chi connectivity index (χ1v) is 14.4. The van der Waals surface area contributed by atoms with Crippen LogP contribution in [0.4, 0.5) is 30.8 Å². The topological polar surface area (TPSA) is 161 Å². The Kier molecular flexibility index (Phi) is 10.9. The standard InChI is InChI=1S/C32H28F2N8O2.C2H4.H2O.2H2/c1-41-11-13-42(14-12-41)31(43)19-4-7-22(8-5-19)37-32(44)39-27-9-6-20(15-26(27)34)30-38-28-17-23(21-3-2-10-36-18-21)25(33)16-24(28)29(35)40-30;1-2;;;/h2-10,15-18H,11-14H2,1H3,(H2,35,38,40)(H2,37,39,44);1-2H2;1H2;2*1H. The average molecular weight is 645 g/mol. The third-order valence-corrected chi connectivity index (χ3v) is 7.44. The minimum Gasteiger partial charge on any atom is -0.412 e. The fraction of sp³-hybridized carbons (Fsp3) is 0.147. The van der Waals surface area contributed by atoms with Crippen LogP contribution >= 0.6 is 0 Å². The largest absolute Gasteiger partial charge is 0.412 e. The number of carbonyl (C=O) groups is 2. The first-order valence-electron chi connectivity index (χ1n) is 14.4. The van der Waals surface area contributed by atoms with Gasteiger partial charge in [-0.05, 0) is 67.7 Å². The van der Waals surface area contributed by atoms with Gasteiger partial charge in [-0.3, -0.25) is 9.78 Å². The first kappa shape index (κ1) is 34.1. The first-order chi connectivity index (χ1) is 22.2. The summed E-state index contributed by atoms with van der Waals surface area (Å²) in [5, 5.41) is 5.45. The second-order valence-corrected chi connectivity index (χ2v) is 10.5. The van der Waals surface area contributed by atoms with E-state index in [1.54, 1.807) is 65.8 Å².